The molecule has 1 rings (SSSR count). The second-order valence-electron chi connectivity index (χ2n) is 3.92. The second kappa shape index (κ2) is 4.87. The third-order valence-corrected chi connectivity index (χ3v) is 2.59. The topological polar surface area (TPSA) is 32.3 Å². The SMILES string of the molecule is CNC(=O)C1CCCN(C[B-](F)(F)F)C1. The Morgan fingerprint density at radius 3 is 2.73 bits per heavy atom. The molecule has 1 atom stereocenters. The average molecular weight is 223 g/mol. The van der Waals surface area contributed by atoms with Gasteiger partial charge in [0.15, 0.2) is 0 Å². The molecule has 0 radical (unpaired) electrons. The van der Waals surface area contributed by atoms with E-state index in [-0.39, 0.29) is 18.4 Å². The summed E-state index contributed by atoms with van der Waals surface area (Å²) in [6.45, 7) is -4.12. The number of hydrogen-bond acceptors (Lipinski definition) is 2. The van der Waals surface area contributed by atoms with E-state index in [2.05, 4.69) is 5.32 Å². The molecular weight excluding hydrogens is 208 g/mol. The summed E-state index contributed by atoms with van der Waals surface area (Å²) in [4.78, 5) is 12.6. The van der Waals surface area contributed by atoms with Gasteiger partial charge in [-0.1, -0.05) is 0 Å². The van der Waals surface area contributed by atoms with Gasteiger partial charge in [0.25, 0.3) is 0 Å². The molecule has 1 heterocycles. The third-order valence-electron chi connectivity index (χ3n) is 2.59. The van der Waals surface area contributed by atoms with Crippen LogP contribution in [0.3, 0.4) is 0 Å². The Morgan fingerprint density at radius 2 is 2.20 bits per heavy atom. The molecule has 0 aliphatic carbocycles. The lowest BCUT2D eigenvalue weighted by Gasteiger charge is -2.34. The molecule has 1 amide bonds. The zero-order chi connectivity index (χ0) is 11.5. The number of amides is 1. The van der Waals surface area contributed by atoms with Crippen LogP contribution in [-0.2, 0) is 4.79 Å². The number of piperidine rings is 1. The first kappa shape index (κ1) is 12.4. The average Bonchev–Trinajstić information content (AvgIpc) is 2.14. The van der Waals surface area contributed by atoms with Crippen LogP contribution in [0.2, 0.25) is 0 Å². The highest BCUT2D eigenvalue weighted by atomic mass is 19.4. The number of halogens is 3. The number of likely N-dealkylation sites (tertiary alicyclic amines) is 1. The molecule has 1 aliphatic rings. The molecule has 1 saturated heterocycles. The van der Waals surface area contributed by atoms with Crippen molar-refractivity contribution in [2.75, 3.05) is 26.6 Å². The maximum Gasteiger partial charge on any atom is 0.492 e. The Morgan fingerprint density at radius 1 is 1.53 bits per heavy atom. The van der Waals surface area contributed by atoms with Gasteiger partial charge in [0.05, 0.1) is 5.92 Å². The maximum atomic E-state index is 12.2. The van der Waals surface area contributed by atoms with Crippen molar-refractivity contribution < 1.29 is 17.7 Å². The standard InChI is InChI=1S/C8H15BF3N2O/c1-13-8(15)7-3-2-4-14(5-7)6-9(10,11)12/h7H,2-6H2,1H3,(H,13,15)/q-1. The third kappa shape index (κ3) is 4.11. The lowest BCUT2D eigenvalue weighted by Crippen LogP contribution is -2.47. The zero-order valence-electron chi connectivity index (χ0n) is 8.68. The highest BCUT2D eigenvalue weighted by molar-refractivity contribution is 6.58. The Kier molecular flexibility index (Phi) is 4.01. The summed E-state index contributed by atoms with van der Waals surface area (Å²) in [5, 5.41) is 2.48. The van der Waals surface area contributed by atoms with Crippen LogP contribution in [0.15, 0.2) is 0 Å². The molecule has 15 heavy (non-hydrogen) atoms. The second-order valence-corrected chi connectivity index (χ2v) is 3.92. The number of hydrogen-bond donors (Lipinski definition) is 1. The number of rotatable bonds is 3. The minimum Gasteiger partial charge on any atom is -0.448 e. The molecular formula is C8H15BF3N2O-. The highest BCUT2D eigenvalue weighted by Gasteiger charge is 2.31. The van der Waals surface area contributed by atoms with Gasteiger partial charge in [-0.15, -0.1) is 0 Å². The van der Waals surface area contributed by atoms with E-state index in [0.717, 1.165) is 0 Å². The quantitative estimate of drug-likeness (QED) is 0.718. The molecule has 0 aromatic heterocycles. The molecule has 88 valence electrons. The number of carbonyl (C=O) groups excluding carboxylic acids is 1. The van der Waals surface area contributed by atoms with E-state index in [1.54, 1.807) is 0 Å². The highest BCUT2D eigenvalue weighted by Crippen LogP contribution is 2.19. The summed E-state index contributed by atoms with van der Waals surface area (Å²) >= 11 is 0. The van der Waals surface area contributed by atoms with Crippen LogP contribution in [0.25, 0.3) is 0 Å². The molecule has 0 aromatic rings. The van der Waals surface area contributed by atoms with Crippen molar-refractivity contribution in [3.05, 3.63) is 0 Å². The number of nitrogens with one attached hydrogen (secondary N) is 1. The molecule has 3 nitrogen and oxygen atoms in total. The smallest absolute Gasteiger partial charge is 0.448 e. The monoisotopic (exact) mass is 223 g/mol. The van der Waals surface area contributed by atoms with Crippen LogP contribution < -0.4 is 5.32 Å². The normalized spacial score (nSPS) is 23.9. The van der Waals surface area contributed by atoms with E-state index in [1.165, 1.54) is 11.9 Å². The van der Waals surface area contributed by atoms with Gasteiger partial charge in [0.1, 0.15) is 0 Å². The summed E-state index contributed by atoms with van der Waals surface area (Å²) in [6, 6.07) is 0. The zero-order valence-corrected chi connectivity index (χ0v) is 8.68. The van der Waals surface area contributed by atoms with Crippen LogP contribution >= 0.6 is 0 Å². The Hall–Kier alpha value is -0.715. The molecule has 0 saturated carbocycles. The van der Waals surface area contributed by atoms with Crippen LogP contribution in [0.5, 0.6) is 0 Å². The Balaban J connectivity index is 2.46. The molecule has 1 aliphatic heterocycles. The van der Waals surface area contributed by atoms with Gasteiger partial charge in [-0.05, 0) is 25.8 Å². The maximum absolute atomic E-state index is 12.2. The summed E-state index contributed by atoms with van der Waals surface area (Å²) in [7, 11) is 1.51. The van der Waals surface area contributed by atoms with Crippen molar-refractivity contribution in [3.63, 3.8) is 0 Å². The van der Waals surface area contributed by atoms with E-state index in [4.69, 9.17) is 0 Å². The fraction of sp³-hybridized carbons (Fsp3) is 0.875. The van der Waals surface area contributed by atoms with Crippen molar-refractivity contribution in [2.45, 2.75) is 12.8 Å². The minimum absolute atomic E-state index is 0.158. The first-order valence-electron chi connectivity index (χ1n) is 5.07. The van der Waals surface area contributed by atoms with Gasteiger partial charge in [0.2, 0.25) is 5.91 Å². The van der Waals surface area contributed by atoms with Gasteiger partial charge in [-0.2, -0.15) is 0 Å². The van der Waals surface area contributed by atoms with Crippen molar-refractivity contribution in [1.82, 2.24) is 10.2 Å². The van der Waals surface area contributed by atoms with E-state index in [1.807, 2.05) is 0 Å². The van der Waals surface area contributed by atoms with E-state index in [0.29, 0.717) is 19.4 Å². The molecule has 1 N–H and O–H groups in total. The predicted octanol–water partition coefficient (Wildman–Crippen LogP) is 0.831. The molecule has 1 fully saturated rings. The van der Waals surface area contributed by atoms with Gasteiger partial charge < -0.3 is 23.2 Å². The van der Waals surface area contributed by atoms with Crippen LogP contribution in [0.1, 0.15) is 12.8 Å². The van der Waals surface area contributed by atoms with Crippen LogP contribution in [0, 0.1) is 5.92 Å². The van der Waals surface area contributed by atoms with Crippen LogP contribution in [0.4, 0.5) is 12.9 Å². The van der Waals surface area contributed by atoms with E-state index < -0.39 is 13.4 Å². The van der Waals surface area contributed by atoms with Gasteiger partial charge in [-0.25, -0.2) is 0 Å². The molecule has 0 bridgehead atoms. The Bertz CT molecular complexity index is 234. The fourth-order valence-corrected chi connectivity index (χ4v) is 1.93. The lowest BCUT2D eigenvalue weighted by atomic mass is 9.88. The lowest BCUT2D eigenvalue weighted by molar-refractivity contribution is -0.126. The summed E-state index contributed by atoms with van der Waals surface area (Å²) < 4.78 is 36.5. The first-order valence-corrected chi connectivity index (χ1v) is 5.07. The van der Waals surface area contributed by atoms with Gasteiger partial charge in [-0.3, -0.25) is 4.79 Å². The first-order chi connectivity index (χ1) is 6.92. The van der Waals surface area contributed by atoms with Gasteiger partial charge in [0, 0.05) is 13.6 Å². The van der Waals surface area contributed by atoms with Crippen molar-refractivity contribution >= 4 is 12.9 Å². The predicted molar refractivity (Wildman–Crippen MR) is 52.3 cm³/mol. The Labute approximate surface area is 87.1 Å². The number of carbonyl (C=O) groups is 1. The summed E-state index contributed by atoms with van der Waals surface area (Å²) in [5.41, 5.74) is 0. The van der Waals surface area contributed by atoms with Crippen LogP contribution in [-0.4, -0.2) is 44.4 Å². The summed E-state index contributed by atoms with van der Waals surface area (Å²) in [5.74, 6) is -0.448. The fourth-order valence-electron chi connectivity index (χ4n) is 1.93. The van der Waals surface area contributed by atoms with Crippen molar-refractivity contribution in [1.29, 1.82) is 0 Å². The largest absolute Gasteiger partial charge is 0.492 e. The van der Waals surface area contributed by atoms with Gasteiger partial charge >= 0.3 is 6.98 Å². The molecule has 0 aromatic carbocycles. The van der Waals surface area contributed by atoms with Crippen molar-refractivity contribution in [2.24, 2.45) is 5.92 Å². The number of nitrogens with zero attached hydrogens (tertiary/aromatic N) is 1. The van der Waals surface area contributed by atoms with E-state index in [9.17, 15) is 17.7 Å². The van der Waals surface area contributed by atoms with Crippen molar-refractivity contribution in [3.8, 4) is 0 Å². The van der Waals surface area contributed by atoms with E-state index >= 15 is 0 Å². The molecule has 0 spiro atoms. The summed E-state index contributed by atoms with van der Waals surface area (Å²) in [6.07, 6.45) is 0.485. The minimum atomic E-state index is -4.78. The molecule has 7 heteroatoms. The molecule has 1 unspecified atom stereocenters.